The van der Waals surface area contributed by atoms with Gasteiger partial charge in [-0.3, -0.25) is 4.79 Å². The highest BCUT2D eigenvalue weighted by atomic mass is 16.5. The summed E-state index contributed by atoms with van der Waals surface area (Å²) in [5.74, 6) is 0.478. The minimum Gasteiger partial charge on any atom is -0.396 e. The quantitative estimate of drug-likeness (QED) is 0.448. The Morgan fingerprint density at radius 2 is 2.17 bits per heavy atom. The van der Waals surface area contributed by atoms with Gasteiger partial charge in [-0.05, 0) is 31.7 Å². The van der Waals surface area contributed by atoms with E-state index >= 15 is 0 Å². The first kappa shape index (κ1) is 17.4. The number of amides is 1. The van der Waals surface area contributed by atoms with Gasteiger partial charge >= 0.3 is 0 Å². The lowest BCUT2D eigenvalue weighted by Gasteiger charge is -2.15. The van der Waals surface area contributed by atoms with Gasteiger partial charge in [-0.2, -0.15) is 0 Å². The average molecular weight is 260 g/mol. The van der Waals surface area contributed by atoms with Crippen LogP contribution in [0.25, 0.3) is 0 Å². The molecule has 0 aliphatic carbocycles. The molecular weight excluding hydrogens is 232 g/mol. The molecule has 18 heavy (non-hydrogen) atoms. The number of carbonyl (C=O) groups excluding carboxylic acids is 1. The van der Waals surface area contributed by atoms with E-state index in [1.165, 1.54) is 0 Å². The Morgan fingerprint density at radius 3 is 2.78 bits per heavy atom. The molecule has 0 saturated heterocycles. The monoisotopic (exact) mass is 260 g/mol. The van der Waals surface area contributed by atoms with Gasteiger partial charge in [0, 0.05) is 26.9 Å². The maximum absolute atomic E-state index is 11.4. The molecule has 3 N–H and O–H groups in total. The maximum Gasteiger partial charge on any atom is 0.233 e. The molecule has 0 fully saturated rings. The summed E-state index contributed by atoms with van der Waals surface area (Å²) in [5, 5.41) is 14.9. The molecule has 108 valence electrons. The summed E-state index contributed by atoms with van der Waals surface area (Å²) in [5.41, 5.74) is 0. The lowest BCUT2D eigenvalue weighted by atomic mass is 10.0. The fraction of sp³-hybridized carbons (Fsp3) is 0.923. The van der Waals surface area contributed by atoms with E-state index in [0.717, 1.165) is 32.2 Å². The van der Waals surface area contributed by atoms with Gasteiger partial charge in [0.15, 0.2) is 0 Å². The molecular formula is C13H28N2O3. The van der Waals surface area contributed by atoms with E-state index in [-0.39, 0.29) is 12.5 Å². The zero-order valence-corrected chi connectivity index (χ0v) is 11.7. The van der Waals surface area contributed by atoms with Crippen molar-refractivity contribution in [2.24, 2.45) is 5.92 Å². The molecule has 5 heteroatoms. The van der Waals surface area contributed by atoms with Gasteiger partial charge in [0.1, 0.15) is 0 Å². The van der Waals surface area contributed by atoms with Crippen molar-refractivity contribution < 1.29 is 14.6 Å². The molecule has 1 amide bonds. The summed E-state index contributed by atoms with van der Waals surface area (Å²) in [6.45, 7) is 4.81. The van der Waals surface area contributed by atoms with Gasteiger partial charge in [0.2, 0.25) is 5.91 Å². The van der Waals surface area contributed by atoms with E-state index in [0.29, 0.717) is 25.6 Å². The van der Waals surface area contributed by atoms with E-state index in [4.69, 9.17) is 9.84 Å². The van der Waals surface area contributed by atoms with Crippen molar-refractivity contribution in [2.75, 3.05) is 40.0 Å². The third-order valence-corrected chi connectivity index (χ3v) is 2.80. The second kappa shape index (κ2) is 12.8. The van der Waals surface area contributed by atoms with Crippen molar-refractivity contribution in [2.45, 2.75) is 32.6 Å². The van der Waals surface area contributed by atoms with Crippen molar-refractivity contribution in [3.63, 3.8) is 0 Å². The molecule has 0 aliphatic rings. The number of hydrogen-bond acceptors (Lipinski definition) is 4. The molecule has 0 aromatic rings. The topological polar surface area (TPSA) is 70.6 Å². The number of carbonyl (C=O) groups is 1. The third-order valence-electron chi connectivity index (χ3n) is 2.80. The summed E-state index contributed by atoms with van der Waals surface area (Å²) in [6, 6.07) is 0. The van der Waals surface area contributed by atoms with E-state index in [1.54, 1.807) is 7.11 Å². The fourth-order valence-corrected chi connectivity index (χ4v) is 1.84. The number of methoxy groups -OCH3 is 1. The van der Waals surface area contributed by atoms with Gasteiger partial charge in [-0.1, -0.05) is 13.3 Å². The van der Waals surface area contributed by atoms with Gasteiger partial charge in [0.05, 0.1) is 6.54 Å². The van der Waals surface area contributed by atoms with E-state index < -0.39 is 0 Å². The Kier molecular flexibility index (Phi) is 12.3. The Labute approximate surface area is 110 Å². The number of aliphatic hydroxyl groups excluding tert-OH is 1. The molecule has 0 bridgehead atoms. The van der Waals surface area contributed by atoms with Crippen molar-refractivity contribution in [1.82, 2.24) is 10.6 Å². The van der Waals surface area contributed by atoms with Crippen LogP contribution in [0.1, 0.15) is 32.6 Å². The SMILES string of the molecule is CCCC(CCO)CNCC(=O)NCCCOC. The normalized spacial score (nSPS) is 12.4. The van der Waals surface area contributed by atoms with Crippen molar-refractivity contribution >= 4 is 5.91 Å². The van der Waals surface area contributed by atoms with E-state index in [9.17, 15) is 4.79 Å². The summed E-state index contributed by atoms with van der Waals surface area (Å²) in [4.78, 5) is 11.4. The predicted octanol–water partition coefficient (Wildman–Crippen LogP) is 0.527. The minimum absolute atomic E-state index is 0.0188. The van der Waals surface area contributed by atoms with Crippen LogP contribution in [0.5, 0.6) is 0 Å². The first-order valence-corrected chi connectivity index (χ1v) is 6.81. The predicted molar refractivity (Wildman–Crippen MR) is 72.5 cm³/mol. The van der Waals surface area contributed by atoms with Crippen LogP contribution in [-0.2, 0) is 9.53 Å². The zero-order chi connectivity index (χ0) is 13.6. The second-order valence-corrected chi connectivity index (χ2v) is 4.49. The van der Waals surface area contributed by atoms with Gasteiger partial charge in [0.25, 0.3) is 0 Å². The molecule has 0 heterocycles. The van der Waals surface area contributed by atoms with Crippen molar-refractivity contribution in [3.05, 3.63) is 0 Å². The van der Waals surface area contributed by atoms with Gasteiger partial charge in [-0.25, -0.2) is 0 Å². The largest absolute Gasteiger partial charge is 0.396 e. The summed E-state index contributed by atoms with van der Waals surface area (Å²) in [7, 11) is 1.65. The highest BCUT2D eigenvalue weighted by Gasteiger charge is 2.07. The number of nitrogens with one attached hydrogen (secondary N) is 2. The Morgan fingerprint density at radius 1 is 1.39 bits per heavy atom. The first-order valence-electron chi connectivity index (χ1n) is 6.81. The van der Waals surface area contributed by atoms with Crippen LogP contribution >= 0.6 is 0 Å². The van der Waals surface area contributed by atoms with Crippen LogP contribution in [-0.4, -0.2) is 51.0 Å². The average Bonchev–Trinajstić information content (AvgIpc) is 2.35. The molecule has 1 unspecified atom stereocenters. The third kappa shape index (κ3) is 10.5. The van der Waals surface area contributed by atoms with Crippen LogP contribution in [0.15, 0.2) is 0 Å². The highest BCUT2D eigenvalue weighted by Crippen LogP contribution is 2.08. The highest BCUT2D eigenvalue weighted by molar-refractivity contribution is 5.77. The Balaban J connectivity index is 3.52. The van der Waals surface area contributed by atoms with Crippen LogP contribution in [0.2, 0.25) is 0 Å². The molecule has 0 aromatic carbocycles. The fourth-order valence-electron chi connectivity index (χ4n) is 1.84. The van der Waals surface area contributed by atoms with Crippen LogP contribution in [0.4, 0.5) is 0 Å². The molecule has 0 aromatic heterocycles. The molecule has 0 spiro atoms. The van der Waals surface area contributed by atoms with Crippen LogP contribution in [0, 0.1) is 5.92 Å². The summed E-state index contributed by atoms with van der Waals surface area (Å²) in [6.07, 6.45) is 3.83. The Hall–Kier alpha value is -0.650. The number of hydrogen-bond donors (Lipinski definition) is 3. The number of aliphatic hydroxyl groups is 1. The van der Waals surface area contributed by atoms with Crippen molar-refractivity contribution in [3.8, 4) is 0 Å². The van der Waals surface area contributed by atoms with Crippen LogP contribution in [0.3, 0.4) is 0 Å². The van der Waals surface area contributed by atoms with E-state index in [2.05, 4.69) is 17.6 Å². The van der Waals surface area contributed by atoms with Crippen LogP contribution < -0.4 is 10.6 Å². The second-order valence-electron chi connectivity index (χ2n) is 4.49. The maximum atomic E-state index is 11.4. The molecule has 0 radical (unpaired) electrons. The number of ether oxygens (including phenoxy) is 1. The van der Waals surface area contributed by atoms with E-state index in [1.807, 2.05) is 0 Å². The molecule has 0 aliphatic heterocycles. The smallest absolute Gasteiger partial charge is 0.233 e. The molecule has 0 saturated carbocycles. The first-order chi connectivity index (χ1) is 8.74. The summed E-state index contributed by atoms with van der Waals surface area (Å²) < 4.78 is 4.90. The lowest BCUT2D eigenvalue weighted by molar-refractivity contribution is -0.120. The van der Waals surface area contributed by atoms with Crippen molar-refractivity contribution in [1.29, 1.82) is 0 Å². The number of rotatable bonds is 12. The summed E-state index contributed by atoms with van der Waals surface area (Å²) >= 11 is 0. The standard InChI is InChI=1S/C13H28N2O3/c1-3-5-12(6-8-16)10-14-11-13(17)15-7-4-9-18-2/h12,14,16H,3-11H2,1-2H3,(H,15,17). The Bertz CT molecular complexity index is 195. The zero-order valence-electron chi connectivity index (χ0n) is 11.7. The van der Waals surface area contributed by atoms with Gasteiger partial charge in [-0.15, -0.1) is 0 Å². The molecule has 1 atom stereocenters. The van der Waals surface area contributed by atoms with Gasteiger partial charge < -0.3 is 20.5 Å². The molecule has 0 rings (SSSR count). The minimum atomic E-state index is 0.0188. The molecule has 5 nitrogen and oxygen atoms in total. The lowest BCUT2D eigenvalue weighted by Crippen LogP contribution is -2.36.